The van der Waals surface area contributed by atoms with Crippen LogP contribution in [0, 0.1) is 13.8 Å². The summed E-state index contributed by atoms with van der Waals surface area (Å²) in [6.07, 6.45) is 3.83. The molecule has 0 fully saturated rings. The van der Waals surface area contributed by atoms with Gasteiger partial charge < -0.3 is 4.74 Å². The van der Waals surface area contributed by atoms with E-state index < -0.39 is 0 Å². The van der Waals surface area contributed by atoms with Crippen LogP contribution in [0.5, 0.6) is 11.6 Å². The number of nitrogens with zero attached hydrogens (tertiary/aromatic N) is 2. The minimum Gasteiger partial charge on any atom is -0.439 e. The molecule has 0 saturated heterocycles. The molecule has 2 aromatic heterocycles. The van der Waals surface area contributed by atoms with Crippen molar-refractivity contribution in [2.75, 3.05) is 0 Å². The average molecular weight is 444 g/mol. The average Bonchev–Trinajstić information content (AvgIpc) is 2.85. The van der Waals surface area contributed by atoms with Crippen molar-refractivity contribution in [3.05, 3.63) is 121 Å². The molecule has 0 aliphatic carbocycles. The van der Waals surface area contributed by atoms with Crippen LogP contribution in [-0.4, -0.2) is 4.98 Å². The standard InChI is InChI=1S/C31H27N2O/c1-22-19-26(24-11-5-4-6-12-24)20-23(2)30(22)28-15-10-18-33(3)31(28)25-13-9-14-27(21-25)34-29-16-7-8-17-32-29/h4-21H,1-3H3/q+1. The third kappa shape index (κ3) is 4.33. The molecule has 5 aromatic rings. The summed E-state index contributed by atoms with van der Waals surface area (Å²) >= 11 is 0. The van der Waals surface area contributed by atoms with Gasteiger partial charge >= 0.3 is 0 Å². The first kappa shape index (κ1) is 21.6. The highest BCUT2D eigenvalue weighted by molar-refractivity contribution is 5.84. The highest BCUT2D eigenvalue weighted by Crippen LogP contribution is 2.37. The number of aryl methyl sites for hydroxylation is 3. The van der Waals surface area contributed by atoms with Crippen LogP contribution in [0.25, 0.3) is 33.5 Å². The van der Waals surface area contributed by atoms with E-state index in [1.165, 1.54) is 33.4 Å². The molecule has 2 heterocycles. The Morgan fingerprint density at radius 2 is 1.41 bits per heavy atom. The number of hydrogen-bond acceptors (Lipinski definition) is 2. The Labute approximate surface area is 201 Å². The van der Waals surface area contributed by atoms with Crippen LogP contribution < -0.4 is 9.30 Å². The topological polar surface area (TPSA) is 26.0 Å². The number of aromatic nitrogens is 2. The van der Waals surface area contributed by atoms with E-state index in [-0.39, 0.29) is 0 Å². The maximum absolute atomic E-state index is 6.02. The molecule has 0 bridgehead atoms. The normalized spacial score (nSPS) is 10.8. The molecule has 0 aliphatic heterocycles. The van der Waals surface area contributed by atoms with Gasteiger partial charge in [-0.15, -0.1) is 0 Å². The highest BCUT2D eigenvalue weighted by atomic mass is 16.5. The molecule has 0 spiro atoms. The summed E-state index contributed by atoms with van der Waals surface area (Å²) in [6.45, 7) is 4.40. The summed E-state index contributed by atoms with van der Waals surface area (Å²) in [6, 6.07) is 33.3. The summed E-state index contributed by atoms with van der Waals surface area (Å²) in [7, 11) is 2.09. The van der Waals surface area contributed by atoms with Gasteiger partial charge in [-0.1, -0.05) is 54.6 Å². The summed E-state index contributed by atoms with van der Waals surface area (Å²) < 4.78 is 8.20. The van der Waals surface area contributed by atoms with E-state index in [0.717, 1.165) is 17.0 Å². The van der Waals surface area contributed by atoms with Gasteiger partial charge in [-0.3, -0.25) is 0 Å². The smallest absolute Gasteiger partial charge is 0.220 e. The van der Waals surface area contributed by atoms with Crippen LogP contribution in [0.15, 0.2) is 109 Å². The lowest BCUT2D eigenvalue weighted by Crippen LogP contribution is -2.31. The van der Waals surface area contributed by atoms with Crippen LogP contribution in [0.3, 0.4) is 0 Å². The Morgan fingerprint density at radius 3 is 2.15 bits per heavy atom. The van der Waals surface area contributed by atoms with Crippen molar-refractivity contribution in [1.82, 2.24) is 4.98 Å². The fourth-order valence-corrected chi connectivity index (χ4v) is 4.59. The summed E-state index contributed by atoms with van der Waals surface area (Å²) in [5.74, 6) is 1.35. The molecule has 0 unspecified atom stereocenters. The third-order valence-corrected chi connectivity index (χ3v) is 6.06. The molecule has 5 rings (SSSR count). The molecule has 0 amide bonds. The molecule has 3 nitrogen and oxygen atoms in total. The molecule has 0 saturated carbocycles. The van der Waals surface area contributed by atoms with E-state index in [0.29, 0.717) is 5.88 Å². The zero-order valence-corrected chi connectivity index (χ0v) is 19.7. The van der Waals surface area contributed by atoms with E-state index in [4.69, 9.17) is 4.74 Å². The van der Waals surface area contributed by atoms with Crippen molar-refractivity contribution >= 4 is 0 Å². The molecule has 0 radical (unpaired) electrons. The third-order valence-electron chi connectivity index (χ3n) is 6.06. The molecule has 0 atom stereocenters. The Bertz CT molecular complexity index is 1420. The second-order valence-electron chi connectivity index (χ2n) is 8.53. The maximum Gasteiger partial charge on any atom is 0.220 e. The Balaban J connectivity index is 1.60. The predicted octanol–water partition coefficient (Wildman–Crippen LogP) is 7.32. The van der Waals surface area contributed by atoms with Gasteiger partial charge in [0.05, 0.1) is 11.1 Å². The largest absolute Gasteiger partial charge is 0.439 e. The minimum absolute atomic E-state index is 0.584. The molecular formula is C31H27N2O+. The van der Waals surface area contributed by atoms with E-state index in [1.54, 1.807) is 6.20 Å². The van der Waals surface area contributed by atoms with Gasteiger partial charge in [-0.25, -0.2) is 9.55 Å². The zero-order valence-electron chi connectivity index (χ0n) is 19.7. The Kier molecular flexibility index (Phi) is 5.92. The van der Waals surface area contributed by atoms with Crippen LogP contribution >= 0.6 is 0 Å². The van der Waals surface area contributed by atoms with Gasteiger partial charge in [-0.2, -0.15) is 0 Å². The number of rotatable bonds is 5. The lowest BCUT2D eigenvalue weighted by molar-refractivity contribution is -0.660. The molecule has 0 N–H and O–H groups in total. The predicted molar refractivity (Wildman–Crippen MR) is 138 cm³/mol. The zero-order chi connectivity index (χ0) is 23.5. The fraction of sp³-hybridized carbons (Fsp3) is 0.0968. The van der Waals surface area contributed by atoms with Crippen molar-refractivity contribution in [2.24, 2.45) is 7.05 Å². The Hall–Kier alpha value is -4.24. The lowest BCUT2D eigenvalue weighted by atomic mass is 9.89. The van der Waals surface area contributed by atoms with Crippen molar-refractivity contribution < 1.29 is 9.30 Å². The summed E-state index contributed by atoms with van der Waals surface area (Å²) in [5, 5.41) is 0. The minimum atomic E-state index is 0.584. The SMILES string of the molecule is Cc1cc(-c2ccccc2)cc(C)c1-c1ccc[n+](C)c1-c1cccc(Oc2ccccn2)c1. The van der Waals surface area contributed by atoms with E-state index in [9.17, 15) is 0 Å². The van der Waals surface area contributed by atoms with Gasteiger partial charge in [0, 0.05) is 18.3 Å². The van der Waals surface area contributed by atoms with Gasteiger partial charge in [0.2, 0.25) is 11.6 Å². The van der Waals surface area contributed by atoms with Crippen LogP contribution in [-0.2, 0) is 7.05 Å². The number of pyridine rings is 2. The van der Waals surface area contributed by atoms with Crippen LogP contribution in [0.1, 0.15) is 11.1 Å². The molecule has 34 heavy (non-hydrogen) atoms. The highest BCUT2D eigenvalue weighted by Gasteiger charge is 2.21. The van der Waals surface area contributed by atoms with Crippen molar-refractivity contribution in [3.63, 3.8) is 0 Å². The molecule has 3 aromatic carbocycles. The van der Waals surface area contributed by atoms with Crippen molar-refractivity contribution in [3.8, 4) is 45.1 Å². The molecule has 3 heteroatoms. The van der Waals surface area contributed by atoms with Crippen LogP contribution in [0.4, 0.5) is 0 Å². The van der Waals surface area contributed by atoms with Crippen LogP contribution in [0.2, 0.25) is 0 Å². The quantitative estimate of drug-likeness (QED) is 0.266. The first-order valence-electron chi connectivity index (χ1n) is 11.4. The van der Waals surface area contributed by atoms with Crippen molar-refractivity contribution in [2.45, 2.75) is 13.8 Å². The Morgan fingerprint density at radius 1 is 0.676 bits per heavy atom. The fourth-order valence-electron chi connectivity index (χ4n) is 4.59. The summed E-state index contributed by atoms with van der Waals surface area (Å²) in [5.41, 5.74) is 9.70. The van der Waals surface area contributed by atoms with Gasteiger partial charge in [0.15, 0.2) is 6.20 Å². The molecular weight excluding hydrogens is 416 g/mol. The summed E-state index contributed by atoms with van der Waals surface area (Å²) in [4.78, 5) is 4.29. The first-order chi connectivity index (χ1) is 16.6. The number of hydrogen-bond donors (Lipinski definition) is 0. The maximum atomic E-state index is 6.02. The first-order valence-corrected chi connectivity index (χ1v) is 11.4. The van der Waals surface area contributed by atoms with Gasteiger partial charge in [-0.05, 0) is 72.0 Å². The second-order valence-corrected chi connectivity index (χ2v) is 8.53. The monoisotopic (exact) mass is 443 g/mol. The van der Waals surface area contributed by atoms with E-state index in [1.807, 2.05) is 30.3 Å². The number of benzene rings is 3. The van der Waals surface area contributed by atoms with Crippen molar-refractivity contribution in [1.29, 1.82) is 0 Å². The van der Waals surface area contributed by atoms with Gasteiger partial charge in [0.1, 0.15) is 12.8 Å². The van der Waals surface area contributed by atoms with Gasteiger partial charge in [0.25, 0.3) is 0 Å². The second kappa shape index (κ2) is 9.32. The van der Waals surface area contributed by atoms with E-state index in [2.05, 4.69) is 103 Å². The molecule has 0 aliphatic rings. The number of ether oxygens (including phenoxy) is 1. The van der Waals surface area contributed by atoms with E-state index >= 15 is 0 Å². The molecule has 166 valence electrons. The lowest BCUT2D eigenvalue weighted by Gasteiger charge is -2.15.